The number of ether oxygens (including phenoxy) is 1. The van der Waals surface area contributed by atoms with Crippen molar-refractivity contribution in [3.8, 4) is 0 Å². The Morgan fingerprint density at radius 2 is 1.85 bits per heavy atom. The van der Waals surface area contributed by atoms with Crippen molar-refractivity contribution >= 4 is 40.0 Å². The summed E-state index contributed by atoms with van der Waals surface area (Å²) in [6, 6.07) is 6.75. The Bertz CT molecular complexity index is 676. The molecule has 0 aliphatic carbocycles. The maximum atomic E-state index is 11.7. The highest BCUT2D eigenvalue weighted by atomic mass is 127. The fourth-order valence-corrected chi connectivity index (χ4v) is 3.29. The van der Waals surface area contributed by atoms with E-state index in [-0.39, 0.29) is 28.9 Å². The van der Waals surface area contributed by atoms with Crippen molar-refractivity contribution < 1.29 is 13.2 Å². The smallest absolute Gasteiger partial charge is 0.240 e. The summed E-state index contributed by atoms with van der Waals surface area (Å²) in [5.41, 5.74) is 0.949. The second-order valence-corrected chi connectivity index (χ2v) is 7.81. The van der Waals surface area contributed by atoms with Gasteiger partial charge in [-0.05, 0) is 31.7 Å². The highest BCUT2D eigenvalue weighted by Gasteiger charge is 2.11. The predicted octanol–water partition coefficient (Wildman–Crippen LogP) is 0.600. The molecule has 1 aromatic carbocycles. The van der Waals surface area contributed by atoms with Crippen molar-refractivity contribution in [2.24, 2.45) is 4.99 Å². The number of rotatable bonds is 8. The maximum Gasteiger partial charge on any atom is 0.240 e. The molecule has 1 aromatic rings. The summed E-state index contributed by atoms with van der Waals surface area (Å²) in [6.07, 6.45) is 0. The summed E-state index contributed by atoms with van der Waals surface area (Å²) < 4.78 is 31.1. The molecule has 1 fully saturated rings. The first-order chi connectivity index (χ1) is 12.5. The van der Waals surface area contributed by atoms with Gasteiger partial charge in [0.25, 0.3) is 0 Å². The van der Waals surface area contributed by atoms with Crippen LogP contribution in [-0.4, -0.2) is 72.3 Å². The van der Waals surface area contributed by atoms with Crippen LogP contribution >= 0.6 is 24.0 Å². The number of nitrogens with one attached hydrogen (secondary N) is 3. The zero-order valence-corrected chi connectivity index (χ0v) is 19.0. The fraction of sp³-hybridized carbons (Fsp3) is 0.588. The fourth-order valence-electron chi connectivity index (χ4n) is 2.56. The van der Waals surface area contributed by atoms with Crippen molar-refractivity contribution in [2.45, 2.75) is 18.4 Å². The lowest BCUT2D eigenvalue weighted by Crippen LogP contribution is -2.44. The van der Waals surface area contributed by atoms with Crippen LogP contribution in [-0.2, 0) is 21.3 Å². The summed E-state index contributed by atoms with van der Waals surface area (Å²) >= 11 is 0. The number of hydrogen-bond acceptors (Lipinski definition) is 5. The van der Waals surface area contributed by atoms with Crippen molar-refractivity contribution in [2.75, 3.05) is 53.0 Å². The van der Waals surface area contributed by atoms with E-state index < -0.39 is 10.0 Å². The van der Waals surface area contributed by atoms with Crippen molar-refractivity contribution in [1.82, 2.24) is 20.3 Å². The molecule has 0 radical (unpaired) electrons. The third kappa shape index (κ3) is 8.30. The van der Waals surface area contributed by atoms with E-state index in [1.165, 1.54) is 7.05 Å². The van der Waals surface area contributed by atoms with Crippen LogP contribution in [0.1, 0.15) is 12.5 Å². The van der Waals surface area contributed by atoms with Crippen LogP contribution in [0.2, 0.25) is 0 Å². The second kappa shape index (κ2) is 12.5. The van der Waals surface area contributed by atoms with Gasteiger partial charge < -0.3 is 15.4 Å². The van der Waals surface area contributed by atoms with E-state index in [9.17, 15) is 8.42 Å². The Hall–Kier alpha value is -0.950. The van der Waals surface area contributed by atoms with E-state index in [1.807, 2.05) is 6.92 Å². The lowest BCUT2D eigenvalue weighted by molar-refractivity contribution is 0.0389. The van der Waals surface area contributed by atoms with E-state index in [2.05, 4.69) is 25.2 Å². The molecular weight excluding hydrogens is 481 g/mol. The number of sulfonamides is 1. The number of aliphatic imine (C=N–C) groups is 1. The lowest BCUT2D eigenvalue weighted by Gasteiger charge is -2.26. The molecule has 1 heterocycles. The SMILES string of the molecule is CCNC(=NCc1ccc(S(=O)(=O)NC)cc1)NCCN1CCOCC1.I. The summed E-state index contributed by atoms with van der Waals surface area (Å²) in [5, 5.41) is 6.56. The first kappa shape index (κ1) is 24.1. The lowest BCUT2D eigenvalue weighted by atomic mass is 10.2. The van der Waals surface area contributed by atoms with Crippen molar-refractivity contribution in [3.63, 3.8) is 0 Å². The van der Waals surface area contributed by atoms with Gasteiger partial charge in [0.05, 0.1) is 24.7 Å². The molecule has 154 valence electrons. The van der Waals surface area contributed by atoms with Crippen LogP contribution in [0.15, 0.2) is 34.2 Å². The van der Waals surface area contributed by atoms with Crippen LogP contribution < -0.4 is 15.4 Å². The van der Waals surface area contributed by atoms with Crippen LogP contribution in [0.5, 0.6) is 0 Å². The monoisotopic (exact) mass is 511 g/mol. The van der Waals surface area contributed by atoms with Gasteiger partial charge in [0, 0.05) is 32.7 Å². The standard InChI is InChI=1S/C17H29N5O3S.HI/c1-3-19-17(20-8-9-22-10-12-25-13-11-22)21-14-15-4-6-16(7-5-15)26(23,24)18-2;/h4-7,18H,3,8-14H2,1-2H3,(H2,19,20,21);1H. The average molecular weight is 511 g/mol. The minimum absolute atomic E-state index is 0. The number of morpholine rings is 1. The van der Waals surface area contributed by atoms with Gasteiger partial charge in [-0.2, -0.15) is 0 Å². The average Bonchev–Trinajstić information content (AvgIpc) is 2.67. The van der Waals surface area contributed by atoms with Gasteiger partial charge in [0.2, 0.25) is 10.0 Å². The molecule has 1 saturated heterocycles. The third-order valence-corrected chi connectivity index (χ3v) is 5.52. The molecule has 0 aromatic heterocycles. The van der Waals surface area contributed by atoms with Crippen molar-refractivity contribution in [3.05, 3.63) is 29.8 Å². The Labute approximate surface area is 179 Å². The highest BCUT2D eigenvalue weighted by Crippen LogP contribution is 2.10. The molecule has 0 amide bonds. The summed E-state index contributed by atoms with van der Waals surface area (Å²) in [4.78, 5) is 7.18. The first-order valence-electron chi connectivity index (χ1n) is 8.90. The van der Waals surface area contributed by atoms with Gasteiger partial charge in [0.1, 0.15) is 0 Å². The predicted molar refractivity (Wildman–Crippen MR) is 118 cm³/mol. The number of guanidine groups is 1. The van der Waals surface area contributed by atoms with Gasteiger partial charge in [-0.25, -0.2) is 18.1 Å². The maximum absolute atomic E-state index is 11.7. The largest absolute Gasteiger partial charge is 0.379 e. The van der Waals surface area contributed by atoms with Crippen LogP contribution in [0.25, 0.3) is 0 Å². The molecule has 0 bridgehead atoms. The molecule has 3 N–H and O–H groups in total. The van der Waals surface area contributed by atoms with Gasteiger partial charge in [-0.15, -0.1) is 24.0 Å². The van der Waals surface area contributed by atoms with Gasteiger partial charge in [0.15, 0.2) is 5.96 Å². The summed E-state index contributed by atoms with van der Waals surface area (Å²) in [6.45, 7) is 8.58. The van der Waals surface area contributed by atoms with E-state index >= 15 is 0 Å². The quantitative estimate of drug-likeness (QED) is 0.269. The zero-order valence-electron chi connectivity index (χ0n) is 15.9. The van der Waals surface area contributed by atoms with Gasteiger partial charge in [-0.3, -0.25) is 4.90 Å². The molecule has 10 heteroatoms. The molecular formula is C17H30IN5O3S. The summed E-state index contributed by atoms with van der Waals surface area (Å²) in [7, 11) is -2.00. The van der Waals surface area contributed by atoms with Crippen molar-refractivity contribution in [1.29, 1.82) is 0 Å². The van der Waals surface area contributed by atoms with E-state index in [0.29, 0.717) is 6.54 Å². The third-order valence-electron chi connectivity index (χ3n) is 4.09. The minimum Gasteiger partial charge on any atom is -0.379 e. The highest BCUT2D eigenvalue weighted by molar-refractivity contribution is 14.0. The molecule has 0 saturated carbocycles. The van der Waals surface area contributed by atoms with E-state index in [4.69, 9.17) is 4.74 Å². The molecule has 0 spiro atoms. The number of benzene rings is 1. The molecule has 8 nitrogen and oxygen atoms in total. The number of nitrogens with zero attached hydrogens (tertiary/aromatic N) is 2. The van der Waals surface area contributed by atoms with E-state index in [1.54, 1.807) is 24.3 Å². The molecule has 1 aliphatic rings. The Balaban J connectivity index is 0.00000364. The number of halogens is 1. The molecule has 27 heavy (non-hydrogen) atoms. The van der Waals surface area contributed by atoms with E-state index in [0.717, 1.165) is 57.5 Å². The molecule has 0 atom stereocenters. The van der Waals surface area contributed by atoms with Gasteiger partial charge in [-0.1, -0.05) is 12.1 Å². The normalized spacial score (nSPS) is 15.9. The second-order valence-electron chi connectivity index (χ2n) is 5.93. The molecule has 0 unspecified atom stereocenters. The Kier molecular flexibility index (Phi) is 11.1. The number of hydrogen-bond donors (Lipinski definition) is 3. The topological polar surface area (TPSA) is 95.1 Å². The zero-order chi connectivity index (χ0) is 18.8. The molecule has 2 rings (SSSR count). The van der Waals surface area contributed by atoms with Gasteiger partial charge >= 0.3 is 0 Å². The van der Waals surface area contributed by atoms with Crippen LogP contribution in [0, 0.1) is 0 Å². The minimum atomic E-state index is -3.40. The Morgan fingerprint density at radius 3 is 2.44 bits per heavy atom. The first-order valence-corrected chi connectivity index (χ1v) is 10.4. The Morgan fingerprint density at radius 1 is 1.19 bits per heavy atom. The molecule has 1 aliphatic heterocycles. The van der Waals surface area contributed by atoms with Crippen LogP contribution in [0.3, 0.4) is 0 Å². The van der Waals surface area contributed by atoms with Crippen LogP contribution in [0.4, 0.5) is 0 Å². The summed E-state index contributed by atoms with van der Waals surface area (Å²) in [5.74, 6) is 0.757.